The molecule has 0 spiro atoms. The molecule has 0 atom stereocenters. The van der Waals surface area contributed by atoms with Gasteiger partial charge in [0.25, 0.3) is 5.69 Å². The van der Waals surface area contributed by atoms with Crippen LogP contribution in [-0.4, -0.2) is 10.7 Å². The number of fused-ring (bicyclic) bond motifs is 1. The van der Waals surface area contributed by atoms with E-state index in [2.05, 4.69) is 0 Å². The maximum atomic E-state index is 12.5. The number of ketones is 1. The highest BCUT2D eigenvalue weighted by molar-refractivity contribution is 6.30. The van der Waals surface area contributed by atoms with Crippen molar-refractivity contribution in [2.45, 2.75) is 6.61 Å². The van der Waals surface area contributed by atoms with Crippen molar-refractivity contribution in [2.75, 3.05) is 0 Å². The van der Waals surface area contributed by atoms with Crippen LogP contribution < -0.4 is 9.47 Å². The predicted molar refractivity (Wildman–Crippen MR) is 108 cm³/mol. The molecule has 6 nitrogen and oxygen atoms in total. The second-order valence-electron chi connectivity index (χ2n) is 6.36. The molecule has 7 heteroatoms. The fraction of sp³-hybridized carbons (Fsp3) is 0.0455. The fourth-order valence-corrected chi connectivity index (χ4v) is 3.08. The summed E-state index contributed by atoms with van der Waals surface area (Å²) in [5.74, 6) is 0.958. The number of halogens is 1. The molecular formula is C22H14ClNO5. The summed E-state index contributed by atoms with van der Waals surface area (Å²) in [5, 5.41) is 11.3. The third-order valence-corrected chi connectivity index (χ3v) is 4.58. The molecule has 29 heavy (non-hydrogen) atoms. The Morgan fingerprint density at radius 1 is 1.07 bits per heavy atom. The van der Waals surface area contributed by atoms with Crippen LogP contribution in [0.4, 0.5) is 5.69 Å². The zero-order valence-electron chi connectivity index (χ0n) is 15.0. The molecular weight excluding hydrogens is 394 g/mol. The van der Waals surface area contributed by atoms with E-state index in [-0.39, 0.29) is 23.8 Å². The lowest BCUT2D eigenvalue weighted by molar-refractivity contribution is -0.384. The third-order valence-electron chi connectivity index (χ3n) is 4.34. The second kappa shape index (κ2) is 7.77. The molecule has 0 N–H and O–H groups in total. The highest BCUT2D eigenvalue weighted by Crippen LogP contribution is 2.35. The monoisotopic (exact) mass is 407 g/mol. The zero-order chi connectivity index (χ0) is 20.4. The van der Waals surface area contributed by atoms with Crippen LogP contribution in [0.1, 0.15) is 21.5 Å². The number of nitrogens with zero attached hydrogens (tertiary/aromatic N) is 1. The molecule has 0 saturated carbocycles. The number of ether oxygens (including phenoxy) is 2. The summed E-state index contributed by atoms with van der Waals surface area (Å²) in [6.45, 7) is 0.232. The lowest BCUT2D eigenvalue weighted by Gasteiger charge is -2.07. The van der Waals surface area contributed by atoms with Crippen molar-refractivity contribution >= 4 is 29.1 Å². The summed E-state index contributed by atoms with van der Waals surface area (Å²) in [4.78, 5) is 22.8. The normalized spacial score (nSPS) is 13.8. The standard InChI is InChI=1S/C22H14ClNO5/c23-16-3-1-2-15(10-16)11-21-22(25)19-9-8-18(12-20(19)29-21)28-13-14-4-6-17(7-5-14)24(26)27/h1-12H,13H2/b21-11-. The maximum absolute atomic E-state index is 12.5. The Labute approximate surface area is 171 Å². The molecule has 0 radical (unpaired) electrons. The molecule has 4 rings (SSSR count). The summed E-state index contributed by atoms with van der Waals surface area (Å²) in [6, 6.07) is 18.2. The summed E-state index contributed by atoms with van der Waals surface area (Å²) in [5.41, 5.74) is 2.04. The van der Waals surface area contributed by atoms with Crippen molar-refractivity contribution in [1.82, 2.24) is 0 Å². The molecule has 3 aromatic rings. The number of carbonyl (C=O) groups is 1. The van der Waals surface area contributed by atoms with Crippen LogP contribution in [0.25, 0.3) is 6.08 Å². The number of carbonyl (C=O) groups excluding carboxylic acids is 1. The second-order valence-corrected chi connectivity index (χ2v) is 6.80. The van der Waals surface area contributed by atoms with E-state index in [1.54, 1.807) is 54.6 Å². The van der Waals surface area contributed by atoms with E-state index in [1.165, 1.54) is 12.1 Å². The molecule has 0 fully saturated rings. The zero-order valence-corrected chi connectivity index (χ0v) is 15.8. The number of hydrogen-bond acceptors (Lipinski definition) is 5. The molecule has 0 aliphatic carbocycles. The highest BCUT2D eigenvalue weighted by Gasteiger charge is 2.27. The van der Waals surface area contributed by atoms with E-state index in [1.807, 2.05) is 6.07 Å². The molecule has 0 unspecified atom stereocenters. The van der Waals surface area contributed by atoms with Crippen LogP contribution in [0.15, 0.2) is 72.5 Å². The van der Waals surface area contributed by atoms with Crippen LogP contribution in [-0.2, 0) is 6.61 Å². The minimum atomic E-state index is -0.450. The number of rotatable bonds is 5. The minimum absolute atomic E-state index is 0.0252. The first-order chi connectivity index (χ1) is 14.0. The van der Waals surface area contributed by atoms with Gasteiger partial charge in [-0.2, -0.15) is 0 Å². The van der Waals surface area contributed by atoms with E-state index in [9.17, 15) is 14.9 Å². The Kier molecular flexibility index (Phi) is 5.01. The van der Waals surface area contributed by atoms with Gasteiger partial charge in [-0.25, -0.2) is 0 Å². The molecule has 1 aliphatic rings. The van der Waals surface area contributed by atoms with Crippen LogP contribution in [0.5, 0.6) is 11.5 Å². The van der Waals surface area contributed by atoms with Gasteiger partial charge in [0.1, 0.15) is 18.1 Å². The van der Waals surface area contributed by atoms with Gasteiger partial charge in [-0.05, 0) is 53.6 Å². The van der Waals surface area contributed by atoms with Gasteiger partial charge in [0.15, 0.2) is 5.76 Å². The van der Waals surface area contributed by atoms with Gasteiger partial charge in [-0.15, -0.1) is 0 Å². The first-order valence-corrected chi connectivity index (χ1v) is 9.07. The molecule has 0 amide bonds. The van der Waals surface area contributed by atoms with E-state index in [0.717, 1.165) is 11.1 Å². The Bertz CT molecular complexity index is 1140. The number of Topliss-reactive ketones (excluding diaryl/α,β-unsaturated/α-hetero) is 1. The van der Waals surface area contributed by atoms with Crippen LogP contribution >= 0.6 is 11.6 Å². The topological polar surface area (TPSA) is 78.7 Å². The fourth-order valence-electron chi connectivity index (χ4n) is 2.89. The summed E-state index contributed by atoms with van der Waals surface area (Å²) in [7, 11) is 0. The van der Waals surface area contributed by atoms with Crippen LogP contribution in [0, 0.1) is 10.1 Å². The van der Waals surface area contributed by atoms with Gasteiger partial charge in [0.2, 0.25) is 5.78 Å². The van der Waals surface area contributed by atoms with Gasteiger partial charge in [-0.3, -0.25) is 14.9 Å². The smallest absolute Gasteiger partial charge is 0.269 e. The van der Waals surface area contributed by atoms with Crippen molar-refractivity contribution in [1.29, 1.82) is 0 Å². The Hall–Kier alpha value is -3.64. The van der Waals surface area contributed by atoms with E-state index in [0.29, 0.717) is 22.1 Å². The molecule has 1 heterocycles. The van der Waals surface area contributed by atoms with Crippen LogP contribution in [0.2, 0.25) is 5.02 Å². The maximum Gasteiger partial charge on any atom is 0.269 e. The SMILES string of the molecule is O=C1/C(=C/c2cccc(Cl)c2)Oc2cc(OCc3ccc([N+](=O)[O-])cc3)ccc21. The number of nitro groups is 1. The van der Waals surface area contributed by atoms with E-state index >= 15 is 0 Å². The first-order valence-electron chi connectivity index (χ1n) is 8.69. The van der Waals surface area contributed by atoms with E-state index in [4.69, 9.17) is 21.1 Å². The van der Waals surface area contributed by atoms with Crippen molar-refractivity contribution in [2.24, 2.45) is 0 Å². The molecule has 0 saturated heterocycles. The lowest BCUT2D eigenvalue weighted by atomic mass is 10.1. The number of nitro benzene ring substituents is 1. The van der Waals surface area contributed by atoms with Crippen molar-refractivity contribution in [3.8, 4) is 11.5 Å². The number of allylic oxidation sites excluding steroid dienone is 1. The molecule has 3 aromatic carbocycles. The quantitative estimate of drug-likeness (QED) is 0.319. The van der Waals surface area contributed by atoms with Gasteiger partial charge >= 0.3 is 0 Å². The Balaban J connectivity index is 1.48. The van der Waals surface area contributed by atoms with Crippen molar-refractivity contribution < 1.29 is 19.2 Å². The first kappa shape index (κ1) is 18.7. The largest absolute Gasteiger partial charge is 0.489 e. The van der Waals surface area contributed by atoms with Crippen molar-refractivity contribution in [3.05, 3.63) is 104 Å². The third kappa shape index (κ3) is 4.12. The highest BCUT2D eigenvalue weighted by atomic mass is 35.5. The van der Waals surface area contributed by atoms with Crippen molar-refractivity contribution in [3.63, 3.8) is 0 Å². The molecule has 0 aromatic heterocycles. The summed E-state index contributed by atoms with van der Waals surface area (Å²) < 4.78 is 11.4. The number of benzene rings is 3. The molecule has 0 bridgehead atoms. The molecule has 144 valence electrons. The lowest BCUT2D eigenvalue weighted by Crippen LogP contribution is -1.98. The number of non-ortho nitro benzene ring substituents is 1. The van der Waals surface area contributed by atoms with Gasteiger partial charge in [0, 0.05) is 23.2 Å². The average molecular weight is 408 g/mol. The van der Waals surface area contributed by atoms with Crippen LogP contribution in [0.3, 0.4) is 0 Å². The number of hydrogen-bond donors (Lipinski definition) is 0. The van der Waals surface area contributed by atoms with Gasteiger partial charge in [0.05, 0.1) is 10.5 Å². The summed E-state index contributed by atoms with van der Waals surface area (Å²) >= 11 is 5.98. The Morgan fingerprint density at radius 3 is 2.59 bits per heavy atom. The van der Waals surface area contributed by atoms with E-state index < -0.39 is 4.92 Å². The van der Waals surface area contributed by atoms with Gasteiger partial charge < -0.3 is 9.47 Å². The summed E-state index contributed by atoms with van der Waals surface area (Å²) in [6.07, 6.45) is 1.64. The average Bonchev–Trinajstić information content (AvgIpc) is 3.01. The van der Waals surface area contributed by atoms with Gasteiger partial charge in [-0.1, -0.05) is 23.7 Å². The molecule has 1 aliphatic heterocycles. The minimum Gasteiger partial charge on any atom is -0.489 e. The Morgan fingerprint density at radius 2 is 1.86 bits per heavy atom. The predicted octanol–water partition coefficient (Wildman–Crippen LogP) is 5.44.